The third-order valence-corrected chi connectivity index (χ3v) is 3.78. The van der Waals surface area contributed by atoms with Gasteiger partial charge in [0, 0.05) is 38.3 Å². The highest BCUT2D eigenvalue weighted by molar-refractivity contribution is 6.34. The largest absolute Gasteiger partial charge is 0.348 e. The van der Waals surface area contributed by atoms with Gasteiger partial charge in [-0.3, -0.25) is 19.7 Å². The van der Waals surface area contributed by atoms with Crippen LogP contribution in [0.2, 0.25) is 5.02 Å². The number of nitrogens with zero attached hydrogens (tertiary/aromatic N) is 2. The van der Waals surface area contributed by atoms with Crippen LogP contribution in [0, 0.1) is 10.1 Å². The highest BCUT2D eigenvalue weighted by atomic mass is 35.5. The molecule has 0 heterocycles. The lowest BCUT2D eigenvalue weighted by Crippen LogP contribution is -2.23. The van der Waals surface area contributed by atoms with Crippen LogP contribution in [0.5, 0.6) is 0 Å². The van der Waals surface area contributed by atoms with Gasteiger partial charge in [-0.25, -0.2) is 0 Å². The monoisotopic (exact) mass is 361 g/mol. The second-order valence-electron chi connectivity index (χ2n) is 5.50. The molecule has 2 aromatic carbocycles. The Hall–Kier alpha value is -2.93. The zero-order chi connectivity index (χ0) is 18.6. The van der Waals surface area contributed by atoms with E-state index >= 15 is 0 Å². The molecule has 0 saturated heterocycles. The lowest BCUT2D eigenvalue weighted by Gasteiger charge is -2.11. The number of hydrogen-bond acceptors (Lipinski definition) is 4. The zero-order valence-electron chi connectivity index (χ0n) is 13.7. The van der Waals surface area contributed by atoms with Crippen LogP contribution in [-0.2, 0) is 6.54 Å². The molecule has 25 heavy (non-hydrogen) atoms. The molecule has 0 atom stereocenters. The summed E-state index contributed by atoms with van der Waals surface area (Å²) in [7, 11) is 3.34. The van der Waals surface area contributed by atoms with Crippen molar-refractivity contribution in [3.8, 4) is 0 Å². The van der Waals surface area contributed by atoms with Crippen molar-refractivity contribution in [1.82, 2.24) is 10.2 Å². The number of nitrogens with one attached hydrogen (secondary N) is 1. The normalized spacial score (nSPS) is 10.2. The molecule has 2 amide bonds. The highest BCUT2D eigenvalue weighted by Crippen LogP contribution is 2.22. The summed E-state index contributed by atoms with van der Waals surface area (Å²) < 4.78 is 0. The number of carbonyl (C=O) groups excluding carboxylic acids is 2. The van der Waals surface area contributed by atoms with Gasteiger partial charge in [0.15, 0.2) is 0 Å². The van der Waals surface area contributed by atoms with Gasteiger partial charge in [0.1, 0.15) is 0 Å². The zero-order valence-corrected chi connectivity index (χ0v) is 14.4. The number of carbonyl (C=O) groups is 2. The molecule has 0 spiro atoms. The quantitative estimate of drug-likeness (QED) is 0.654. The molecule has 130 valence electrons. The third kappa shape index (κ3) is 4.54. The summed E-state index contributed by atoms with van der Waals surface area (Å²) >= 11 is 5.93. The molecule has 0 aliphatic carbocycles. The Morgan fingerprint density at radius 3 is 2.32 bits per heavy atom. The second kappa shape index (κ2) is 7.76. The number of nitro benzene ring substituents is 1. The fourth-order valence-electron chi connectivity index (χ4n) is 2.10. The molecule has 0 bridgehead atoms. The summed E-state index contributed by atoms with van der Waals surface area (Å²) in [6, 6.07) is 10.5. The fourth-order valence-corrected chi connectivity index (χ4v) is 2.36. The maximum Gasteiger partial charge on any atom is 0.270 e. The van der Waals surface area contributed by atoms with Gasteiger partial charge in [-0.2, -0.15) is 0 Å². The van der Waals surface area contributed by atoms with Gasteiger partial charge in [0.2, 0.25) is 0 Å². The average molecular weight is 362 g/mol. The van der Waals surface area contributed by atoms with E-state index in [2.05, 4.69) is 5.32 Å². The summed E-state index contributed by atoms with van der Waals surface area (Å²) in [5.41, 5.74) is 1.34. The van der Waals surface area contributed by atoms with Crippen molar-refractivity contribution in [2.24, 2.45) is 0 Å². The molecule has 0 radical (unpaired) electrons. The van der Waals surface area contributed by atoms with E-state index in [1.807, 2.05) is 0 Å². The summed E-state index contributed by atoms with van der Waals surface area (Å²) in [6.07, 6.45) is 0. The first kappa shape index (κ1) is 18.4. The SMILES string of the molecule is CN(C)C(=O)c1ccc(CNC(=O)c2ccc([N+](=O)[O-])cc2Cl)cc1. The summed E-state index contributed by atoms with van der Waals surface area (Å²) in [5.74, 6) is -0.540. The topological polar surface area (TPSA) is 92.6 Å². The first-order valence-electron chi connectivity index (χ1n) is 7.32. The maximum absolute atomic E-state index is 12.2. The molecule has 0 aliphatic heterocycles. The molecule has 0 fully saturated rings. The van der Waals surface area contributed by atoms with Crippen molar-refractivity contribution in [3.05, 3.63) is 74.3 Å². The van der Waals surface area contributed by atoms with E-state index < -0.39 is 10.8 Å². The molecular weight excluding hydrogens is 346 g/mol. The van der Waals surface area contributed by atoms with E-state index in [4.69, 9.17) is 11.6 Å². The van der Waals surface area contributed by atoms with Crippen LogP contribution in [0.15, 0.2) is 42.5 Å². The molecular formula is C17H16ClN3O4. The number of benzene rings is 2. The van der Waals surface area contributed by atoms with Gasteiger partial charge in [0.25, 0.3) is 17.5 Å². The Balaban J connectivity index is 2.02. The van der Waals surface area contributed by atoms with Crippen LogP contribution in [-0.4, -0.2) is 35.7 Å². The van der Waals surface area contributed by atoms with Crippen molar-refractivity contribution in [3.63, 3.8) is 0 Å². The summed E-state index contributed by atoms with van der Waals surface area (Å²) in [6.45, 7) is 0.239. The third-order valence-electron chi connectivity index (χ3n) is 3.47. The Bertz CT molecular complexity index is 819. The average Bonchev–Trinajstić information content (AvgIpc) is 2.59. The van der Waals surface area contributed by atoms with Crippen LogP contribution < -0.4 is 5.32 Å². The number of rotatable bonds is 5. The lowest BCUT2D eigenvalue weighted by atomic mass is 10.1. The number of amides is 2. The van der Waals surface area contributed by atoms with Gasteiger partial charge < -0.3 is 10.2 Å². The fraction of sp³-hybridized carbons (Fsp3) is 0.176. The van der Waals surface area contributed by atoms with E-state index in [1.165, 1.54) is 17.0 Å². The predicted octanol–water partition coefficient (Wildman–Crippen LogP) is 2.88. The standard InChI is InChI=1S/C17H16ClN3O4/c1-20(2)17(23)12-5-3-11(4-6-12)10-19-16(22)14-8-7-13(21(24)25)9-15(14)18/h3-9H,10H2,1-2H3,(H,19,22). The van der Waals surface area contributed by atoms with Crippen LogP contribution in [0.4, 0.5) is 5.69 Å². The van der Waals surface area contributed by atoms with Gasteiger partial charge in [-0.15, -0.1) is 0 Å². The molecule has 2 rings (SSSR count). The van der Waals surface area contributed by atoms with Crippen molar-refractivity contribution >= 4 is 29.1 Å². The molecule has 7 nitrogen and oxygen atoms in total. The smallest absolute Gasteiger partial charge is 0.270 e. The van der Waals surface area contributed by atoms with Gasteiger partial charge in [-0.1, -0.05) is 23.7 Å². The number of non-ortho nitro benzene ring substituents is 1. The first-order valence-corrected chi connectivity index (χ1v) is 7.70. The Kier molecular flexibility index (Phi) is 5.71. The molecule has 0 unspecified atom stereocenters. The van der Waals surface area contributed by atoms with E-state index in [0.29, 0.717) is 5.56 Å². The molecule has 0 saturated carbocycles. The van der Waals surface area contributed by atoms with Crippen LogP contribution >= 0.6 is 11.6 Å². The van der Waals surface area contributed by atoms with Crippen LogP contribution in [0.25, 0.3) is 0 Å². The van der Waals surface area contributed by atoms with Gasteiger partial charge >= 0.3 is 0 Å². The van der Waals surface area contributed by atoms with E-state index in [0.717, 1.165) is 11.6 Å². The maximum atomic E-state index is 12.2. The molecule has 0 aliphatic rings. The van der Waals surface area contributed by atoms with Crippen molar-refractivity contribution in [2.75, 3.05) is 14.1 Å². The van der Waals surface area contributed by atoms with Crippen LogP contribution in [0.3, 0.4) is 0 Å². The lowest BCUT2D eigenvalue weighted by molar-refractivity contribution is -0.384. The van der Waals surface area contributed by atoms with Crippen molar-refractivity contribution < 1.29 is 14.5 Å². The summed E-state index contributed by atoms with van der Waals surface area (Å²) in [5, 5.41) is 13.4. The highest BCUT2D eigenvalue weighted by Gasteiger charge is 2.15. The van der Waals surface area contributed by atoms with Gasteiger partial charge in [-0.05, 0) is 23.8 Å². The molecule has 8 heteroatoms. The minimum Gasteiger partial charge on any atom is -0.348 e. The number of nitro groups is 1. The number of halogens is 1. The van der Waals surface area contributed by atoms with Crippen LogP contribution in [0.1, 0.15) is 26.3 Å². The van der Waals surface area contributed by atoms with E-state index in [-0.39, 0.29) is 28.7 Å². The van der Waals surface area contributed by atoms with E-state index in [9.17, 15) is 19.7 Å². The molecule has 1 N–H and O–H groups in total. The van der Waals surface area contributed by atoms with Crippen molar-refractivity contribution in [2.45, 2.75) is 6.54 Å². The van der Waals surface area contributed by atoms with Gasteiger partial charge in [0.05, 0.1) is 15.5 Å². The Morgan fingerprint density at radius 1 is 1.16 bits per heavy atom. The molecule has 2 aromatic rings. The summed E-state index contributed by atoms with van der Waals surface area (Å²) in [4.78, 5) is 35.6. The Morgan fingerprint density at radius 2 is 1.80 bits per heavy atom. The second-order valence-corrected chi connectivity index (χ2v) is 5.91. The first-order chi connectivity index (χ1) is 11.8. The van der Waals surface area contributed by atoms with Crippen molar-refractivity contribution in [1.29, 1.82) is 0 Å². The minimum absolute atomic E-state index is 0.0126. The Labute approximate surface area is 149 Å². The minimum atomic E-state index is -0.579. The number of hydrogen-bond donors (Lipinski definition) is 1. The van der Waals surface area contributed by atoms with E-state index in [1.54, 1.807) is 38.4 Å². The predicted molar refractivity (Wildman–Crippen MR) is 93.7 cm³/mol. The molecule has 0 aromatic heterocycles.